The minimum absolute atomic E-state index is 0.524. The topological polar surface area (TPSA) is 49.6 Å². The normalized spacial score (nSPS) is 37.9. The number of aryl methyl sites for hydroxylation is 1. The van der Waals surface area contributed by atoms with Gasteiger partial charge >= 0.3 is 0 Å². The second kappa shape index (κ2) is 4.84. The molecule has 104 valence electrons. The van der Waals surface area contributed by atoms with Gasteiger partial charge in [0.15, 0.2) is 5.69 Å². The van der Waals surface area contributed by atoms with E-state index in [1.807, 2.05) is 6.07 Å². The third-order valence-electron chi connectivity index (χ3n) is 6.08. The van der Waals surface area contributed by atoms with Crippen LogP contribution < -0.4 is 0 Å². The van der Waals surface area contributed by atoms with Crippen molar-refractivity contribution in [2.24, 2.45) is 29.6 Å². The zero-order chi connectivity index (χ0) is 13.5. The number of nitriles is 1. The minimum Gasteiger partial charge on any atom is -0.191 e. The Morgan fingerprint density at radius 2 is 1.80 bits per heavy atom. The fourth-order valence-corrected chi connectivity index (χ4v) is 5.48. The van der Waals surface area contributed by atoms with Gasteiger partial charge in [-0.25, -0.2) is 0 Å². The summed E-state index contributed by atoms with van der Waals surface area (Å²) in [4.78, 5) is 0. The molecule has 4 aliphatic rings. The van der Waals surface area contributed by atoms with Crippen molar-refractivity contribution in [2.75, 3.05) is 0 Å². The molecule has 1 aromatic rings. The molecule has 0 spiro atoms. The fraction of sp³-hybridized carbons (Fsp3) is 0.706. The molecule has 5 rings (SSSR count). The van der Waals surface area contributed by atoms with E-state index in [9.17, 15) is 0 Å². The van der Waals surface area contributed by atoms with Crippen LogP contribution in [0.1, 0.15) is 49.8 Å². The quantitative estimate of drug-likeness (QED) is 0.843. The molecular weight excluding hydrogens is 246 g/mol. The highest BCUT2D eigenvalue weighted by molar-refractivity contribution is 5.28. The molecule has 0 amide bonds. The molecule has 1 aromatic heterocycles. The molecule has 0 atom stereocenters. The number of hydrogen-bond donors (Lipinski definition) is 0. The van der Waals surface area contributed by atoms with Gasteiger partial charge in [0, 0.05) is 6.20 Å². The van der Waals surface area contributed by atoms with E-state index >= 15 is 0 Å². The standard InChI is InChI=1S/C17H21N3/c18-10-17-13(3-4-19-20-17)1-2-16-14-6-11-5-12(8-14)9-15(16)7-11/h3-4,11-12,14-16H,1-2,5-9H2. The number of hydrogen-bond acceptors (Lipinski definition) is 3. The van der Waals surface area contributed by atoms with Crippen LogP contribution in [0.2, 0.25) is 0 Å². The van der Waals surface area contributed by atoms with Gasteiger partial charge in [0.05, 0.1) is 0 Å². The molecule has 4 bridgehead atoms. The van der Waals surface area contributed by atoms with Gasteiger partial charge in [-0.05, 0) is 86.2 Å². The van der Waals surface area contributed by atoms with Gasteiger partial charge in [-0.2, -0.15) is 10.4 Å². The predicted molar refractivity (Wildman–Crippen MR) is 75.6 cm³/mol. The second-order valence-electron chi connectivity index (χ2n) is 7.15. The van der Waals surface area contributed by atoms with Crippen LogP contribution in [0, 0.1) is 40.9 Å². The molecule has 0 saturated heterocycles. The SMILES string of the molecule is N#Cc1nnccc1CCC1C2CC3CC(C2)CC1C3. The highest BCUT2D eigenvalue weighted by Crippen LogP contribution is 2.57. The molecule has 0 unspecified atom stereocenters. The summed E-state index contributed by atoms with van der Waals surface area (Å²) in [5.74, 6) is 4.96. The van der Waals surface area contributed by atoms with Gasteiger partial charge in [0.25, 0.3) is 0 Å². The van der Waals surface area contributed by atoms with E-state index in [1.54, 1.807) is 6.20 Å². The summed E-state index contributed by atoms with van der Waals surface area (Å²) in [6.45, 7) is 0. The molecule has 4 aliphatic carbocycles. The molecule has 0 radical (unpaired) electrons. The number of rotatable bonds is 3. The van der Waals surface area contributed by atoms with Crippen molar-refractivity contribution in [3.05, 3.63) is 23.5 Å². The summed E-state index contributed by atoms with van der Waals surface area (Å²) in [5.41, 5.74) is 1.62. The van der Waals surface area contributed by atoms with Crippen LogP contribution in [0.4, 0.5) is 0 Å². The van der Waals surface area contributed by atoms with Crippen LogP contribution in [0.25, 0.3) is 0 Å². The van der Waals surface area contributed by atoms with Crippen molar-refractivity contribution in [2.45, 2.75) is 44.9 Å². The van der Waals surface area contributed by atoms with Crippen molar-refractivity contribution in [1.29, 1.82) is 5.26 Å². The first-order valence-electron chi connectivity index (χ1n) is 8.04. The number of aromatic nitrogens is 2. The average molecular weight is 267 g/mol. The third-order valence-corrected chi connectivity index (χ3v) is 6.08. The van der Waals surface area contributed by atoms with Gasteiger partial charge in [-0.1, -0.05) is 0 Å². The lowest BCUT2D eigenvalue weighted by Crippen LogP contribution is -2.45. The molecule has 20 heavy (non-hydrogen) atoms. The molecule has 0 aliphatic heterocycles. The summed E-state index contributed by atoms with van der Waals surface area (Å²) in [5, 5.41) is 16.9. The predicted octanol–water partition coefficient (Wildman–Crippen LogP) is 3.35. The van der Waals surface area contributed by atoms with Gasteiger partial charge in [0.2, 0.25) is 0 Å². The summed E-state index contributed by atoms with van der Waals surface area (Å²) >= 11 is 0. The first-order valence-corrected chi connectivity index (χ1v) is 8.04. The van der Waals surface area contributed by atoms with Gasteiger partial charge in [0.1, 0.15) is 6.07 Å². The van der Waals surface area contributed by atoms with Crippen molar-refractivity contribution < 1.29 is 0 Å². The van der Waals surface area contributed by atoms with Gasteiger partial charge in [-0.15, -0.1) is 5.10 Å². The van der Waals surface area contributed by atoms with E-state index in [-0.39, 0.29) is 0 Å². The lowest BCUT2D eigenvalue weighted by Gasteiger charge is -2.54. The van der Waals surface area contributed by atoms with Crippen molar-refractivity contribution in [3.63, 3.8) is 0 Å². The van der Waals surface area contributed by atoms with Gasteiger partial charge in [-0.3, -0.25) is 0 Å². The minimum atomic E-state index is 0.524. The van der Waals surface area contributed by atoms with Crippen molar-refractivity contribution in [3.8, 4) is 6.07 Å². The Labute approximate surface area is 120 Å². The third kappa shape index (κ3) is 2.02. The van der Waals surface area contributed by atoms with Crippen LogP contribution >= 0.6 is 0 Å². The maximum absolute atomic E-state index is 9.10. The fourth-order valence-electron chi connectivity index (χ4n) is 5.48. The van der Waals surface area contributed by atoms with E-state index in [0.29, 0.717) is 5.69 Å². The summed E-state index contributed by atoms with van der Waals surface area (Å²) in [7, 11) is 0. The first kappa shape index (κ1) is 12.3. The van der Waals surface area contributed by atoms with E-state index in [2.05, 4.69) is 16.3 Å². The van der Waals surface area contributed by atoms with E-state index in [1.165, 1.54) is 38.5 Å². The Balaban J connectivity index is 1.46. The maximum atomic E-state index is 9.10. The molecule has 3 nitrogen and oxygen atoms in total. The Morgan fingerprint density at radius 3 is 2.45 bits per heavy atom. The van der Waals surface area contributed by atoms with Crippen LogP contribution in [0.5, 0.6) is 0 Å². The maximum Gasteiger partial charge on any atom is 0.166 e. The Bertz CT molecular complexity index is 517. The lowest BCUT2D eigenvalue weighted by molar-refractivity contribution is -0.0394. The molecular formula is C17H21N3. The molecule has 1 heterocycles. The van der Waals surface area contributed by atoms with E-state index in [0.717, 1.165) is 41.6 Å². The summed E-state index contributed by atoms with van der Waals surface area (Å²) < 4.78 is 0. The van der Waals surface area contributed by atoms with Crippen LogP contribution in [-0.4, -0.2) is 10.2 Å². The smallest absolute Gasteiger partial charge is 0.166 e. The van der Waals surface area contributed by atoms with Crippen molar-refractivity contribution >= 4 is 0 Å². The van der Waals surface area contributed by atoms with Crippen LogP contribution in [0.3, 0.4) is 0 Å². The second-order valence-corrected chi connectivity index (χ2v) is 7.15. The van der Waals surface area contributed by atoms with Crippen LogP contribution in [-0.2, 0) is 6.42 Å². The average Bonchev–Trinajstić information content (AvgIpc) is 2.46. The lowest BCUT2D eigenvalue weighted by atomic mass is 9.51. The Hall–Kier alpha value is -1.43. The summed E-state index contributed by atoms with van der Waals surface area (Å²) in [6.07, 6.45) is 11.4. The molecule has 0 aromatic carbocycles. The zero-order valence-electron chi connectivity index (χ0n) is 11.8. The van der Waals surface area contributed by atoms with Gasteiger partial charge < -0.3 is 0 Å². The largest absolute Gasteiger partial charge is 0.191 e. The first-order chi connectivity index (χ1) is 9.83. The van der Waals surface area contributed by atoms with E-state index < -0.39 is 0 Å². The molecule has 4 fully saturated rings. The molecule has 0 N–H and O–H groups in total. The van der Waals surface area contributed by atoms with Crippen molar-refractivity contribution in [1.82, 2.24) is 10.2 Å². The molecule has 4 saturated carbocycles. The highest BCUT2D eigenvalue weighted by Gasteiger charge is 2.47. The monoisotopic (exact) mass is 267 g/mol. The Kier molecular flexibility index (Phi) is 2.98. The number of nitrogens with zero attached hydrogens (tertiary/aromatic N) is 3. The Morgan fingerprint density at radius 1 is 1.10 bits per heavy atom. The van der Waals surface area contributed by atoms with Crippen LogP contribution in [0.15, 0.2) is 12.3 Å². The summed E-state index contributed by atoms with van der Waals surface area (Å²) in [6, 6.07) is 4.15. The zero-order valence-corrected chi connectivity index (χ0v) is 11.8. The van der Waals surface area contributed by atoms with E-state index in [4.69, 9.17) is 5.26 Å². The highest BCUT2D eigenvalue weighted by atomic mass is 15.1. The molecule has 3 heteroatoms.